The number of ether oxygens (including phenoxy) is 3. The Balaban J connectivity index is 2.91. The lowest BCUT2D eigenvalue weighted by Crippen LogP contribution is -2.15. The van der Waals surface area contributed by atoms with Crippen LogP contribution in [-0.2, 0) is 14.3 Å². The Morgan fingerprint density at radius 2 is 1.93 bits per heavy atom. The number of benzene rings is 1. The van der Waals surface area contributed by atoms with Crippen molar-refractivity contribution in [3.8, 4) is 5.75 Å². The minimum Gasteiger partial charge on any atom is -0.494 e. The Morgan fingerprint density at radius 1 is 1.19 bits per heavy atom. The van der Waals surface area contributed by atoms with Crippen LogP contribution in [0.3, 0.4) is 0 Å². The molecule has 0 radical (unpaired) electrons. The standard InChI is InChI=1S/C18H27N3O6/c1-4-7-8-11-27-14-9-10-16(21(23)24)15(12-14)19-20-17(25-5-2)13-18(22)26-6-3/h9-10,12,19H,4-8,11,13H2,1-3H3/b20-17-. The van der Waals surface area contributed by atoms with Gasteiger partial charge in [-0.3, -0.25) is 20.3 Å². The van der Waals surface area contributed by atoms with E-state index in [9.17, 15) is 14.9 Å². The lowest BCUT2D eigenvalue weighted by atomic mass is 10.2. The zero-order valence-corrected chi connectivity index (χ0v) is 16.0. The molecule has 1 aromatic rings. The fourth-order valence-corrected chi connectivity index (χ4v) is 2.14. The Hall–Kier alpha value is -2.84. The minimum absolute atomic E-state index is 0.0829. The molecule has 1 rings (SSSR count). The number of rotatable bonds is 12. The summed E-state index contributed by atoms with van der Waals surface area (Å²) in [5, 5.41) is 15.2. The maximum absolute atomic E-state index is 11.6. The summed E-state index contributed by atoms with van der Waals surface area (Å²) < 4.78 is 15.8. The number of hydrogen-bond acceptors (Lipinski definition) is 8. The van der Waals surface area contributed by atoms with Crippen molar-refractivity contribution in [2.45, 2.75) is 46.5 Å². The van der Waals surface area contributed by atoms with Crippen molar-refractivity contribution in [2.75, 3.05) is 25.2 Å². The summed E-state index contributed by atoms with van der Waals surface area (Å²) in [5.41, 5.74) is 2.59. The smallest absolute Gasteiger partial charge is 0.315 e. The normalized spacial score (nSPS) is 11.0. The van der Waals surface area contributed by atoms with Gasteiger partial charge < -0.3 is 14.2 Å². The van der Waals surface area contributed by atoms with E-state index in [4.69, 9.17) is 14.2 Å². The van der Waals surface area contributed by atoms with E-state index in [1.165, 1.54) is 12.1 Å². The van der Waals surface area contributed by atoms with Crippen molar-refractivity contribution in [1.82, 2.24) is 0 Å². The molecule has 0 amide bonds. The number of nitro benzene ring substituents is 1. The summed E-state index contributed by atoms with van der Waals surface area (Å²) in [4.78, 5) is 22.3. The van der Waals surface area contributed by atoms with Crippen LogP contribution in [-0.4, -0.2) is 36.6 Å². The van der Waals surface area contributed by atoms with Crippen LogP contribution in [0.25, 0.3) is 0 Å². The van der Waals surface area contributed by atoms with Crippen LogP contribution in [0.4, 0.5) is 11.4 Å². The second kappa shape index (κ2) is 12.5. The Morgan fingerprint density at radius 3 is 2.56 bits per heavy atom. The second-order valence-electron chi connectivity index (χ2n) is 5.52. The fraction of sp³-hybridized carbons (Fsp3) is 0.556. The summed E-state index contributed by atoms with van der Waals surface area (Å²) in [7, 11) is 0. The van der Waals surface area contributed by atoms with Gasteiger partial charge in [-0.05, 0) is 26.3 Å². The molecule has 0 aliphatic rings. The third kappa shape index (κ3) is 8.39. The van der Waals surface area contributed by atoms with Crippen LogP contribution >= 0.6 is 0 Å². The molecule has 0 atom stereocenters. The van der Waals surface area contributed by atoms with Crippen molar-refractivity contribution in [1.29, 1.82) is 0 Å². The van der Waals surface area contributed by atoms with E-state index in [0.29, 0.717) is 19.0 Å². The molecule has 0 aromatic heterocycles. The van der Waals surface area contributed by atoms with Gasteiger partial charge in [0.05, 0.1) is 24.7 Å². The molecule has 150 valence electrons. The molecule has 0 aliphatic heterocycles. The first-order valence-corrected chi connectivity index (χ1v) is 9.03. The molecular formula is C18H27N3O6. The maximum atomic E-state index is 11.6. The number of nitrogens with zero attached hydrogens (tertiary/aromatic N) is 2. The number of unbranched alkanes of at least 4 members (excludes halogenated alkanes) is 2. The quantitative estimate of drug-likeness (QED) is 0.146. The topological polar surface area (TPSA) is 112 Å². The number of carbonyl (C=O) groups is 1. The number of esters is 1. The predicted molar refractivity (Wildman–Crippen MR) is 102 cm³/mol. The zero-order chi connectivity index (χ0) is 20.1. The van der Waals surface area contributed by atoms with E-state index >= 15 is 0 Å². The number of anilines is 1. The predicted octanol–water partition coefficient (Wildman–Crippen LogP) is 3.88. The van der Waals surface area contributed by atoms with Crippen LogP contribution in [0.15, 0.2) is 23.3 Å². The number of hydrogen-bond donors (Lipinski definition) is 1. The Bertz CT molecular complexity index is 648. The molecule has 0 heterocycles. The number of nitro groups is 1. The summed E-state index contributed by atoms with van der Waals surface area (Å²) in [6.45, 7) is 6.60. The van der Waals surface area contributed by atoms with Crippen molar-refractivity contribution in [3.05, 3.63) is 28.3 Å². The molecule has 0 bridgehead atoms. The largest absolute Gasteiger partial charge is 0.494 e. The Kier molecular flexibility index (Phi) is 10.3. The van der Waals surface area contributed by atoms with Crippen molar-refractivity contribution in [2.24, 2.45) is 5.10 Å². The fourth-order valence-electron chi connectivity index (χ4n) is 2.14. The van der Waals surface area contributed by atoms with E-state index < -0.39 is 10.9 Å². The van der Waals surface area contributed by atoms with E-state index in [1.54, 1.807) is 19.9 Å². The van der Waals surface area contributed by atoms with Crippen molar-refractivity contribution < 1.29 is 23.9 Å². The second-order valence-corrected chi connectivity index (χ2v) is 5.52. The summed E-state index contributed by atoms with van der Waals surface area (Å²) in [5.74, 6) is 0.0891. The number of nitrogens with one attached hydrogen (secondary N) is 1. The van der Waals surface area contributed by atoms with Gasteiger partial charge in [0.15, 0.2) is 0 Å². The lowest BCUT2D eigenvalue weighted by Gasteiger charge is -2.10. The average Bonchev–Trinajstić information content (AvgIpc) is 2.63. The molecule has 9 nitrogen and oxygen atoms in total. The van der Waals surface area contributed by atoms with Gasteiger partial charge >= 0.3 is 5.97 Å². The van der Waals surface area contributed by atoms with Crippen molar-refractivity contribution in [3.63, 3.8) is 0 Å². The molecular weight excluding hydrogens is 354 g/mol. The summed E-state index contributed by atoms with van der Waals surface area (Å²) in [6.07, 6.45) is 2.86. The van der Waals surface area contributed by atoms with E-state index in [2.05, 4.69) is 17.5 Å². The minimum atomic E-state index is -0.523. The summed E-state index contributed by atoms with van der Waals surface area (Å²) in [6, 6.07) is 4.39. The molecule has 1 aromatic carbocycles. The highest BCUT2D eigenvalue weighted by atomic mass is 16.6. The zero-order valence-electron chi connectivity index (χ0n) is 16.0. The van der Waals surface area contributed by atoms with Gasteiger partial charge in [-0.15, -0.1) is 5.10 Å². The van der Waals surface area contributed by atoms with Crippen LogP contribution in [0.2, 0.25) is 0 Å². The van der Waals surface area contributed by atoms with Crippen LogP contribution in [0, 0.1) is 10.1 Å². The molecule has 0 unspecified atom stereocenters. The van der Waals surface area contributed by atoms with Crippen LogP contribution < -0.4 is 10.2 Å². The lowest BCUT2D eigenvalue weighted by molar-refractivity contribution is -0.384. The highest BCUT2D eigenvalue weighted by Gasteiger charge is 2.16. The van der Waals surface area contributed by atoms with Gasteiger partial charge in [0.2, 0.25) is 5.90 Å². The average molecular weight is 381 g/mol. The van der Waals surface area contributed by atoms with Crippen LogP contribution in [0.5, 0.6) is 5.75 Å². The highest BCUT2D eigenvalue weighted by Crippen LogP contribution is 2.29. The van der Waals surface area contributed by atoms with E-state index in [0.717, 1.165) is 19.3 Å². The molecule has 0 saturated carbocycles. The highest BCUT2D eigenvalue weighted by molar-refractivity contribution is 5.94. The third-order valence-electron chi connectivity index (χ3n) is 3.39. The molecule has 0 spiro atoms. The Labute approximate surface area is 158 Å². The van der Waals surface area contributed by atoms with E-state index in [-0.39, 0.29) is 30.3 Å². The first kappa shape index (κ1) is 22.2. The van der Waals surface area contributed by atoms with E-state index in [1.807, 2.05) is 0 Å². The third-order valence-corrected chi connectivity index (χ3v) is 3.39. The number of hydrazone groups is 1. The summed E-state index contributed by atoms with van der Waals surface area (Å²) >= 11 is 0. The van der Waals surface area contributed by atoms with Crippen molar-refractivity contribution >= 4 is 23.2 Å². The molecule has 9 heteroatoms. The molecule has 1 N–H and O–H groups in total. The van der Waals surface area contributed by atoms with Gasteiger partial charge in [0, 0.05) is 12.1 Å². The van der Waals surface area contributed by atoms with Crippen LogP contribution in [0.1, 0.15) is 46.5 Å². The van der Waals surface area contributed by atoms with Gasteiger partial charge in [0.25, 0.3) is 5.69 Å². The van der Waals surface area contributed by atoms with Gasteiger partial charge in [-0.1, -0.05) is 19.8 Å². The number of carbonyl (C=O) groups excluding carboxylic acids is 1. The monoisotopic (exact) mass is 381 g/mol. The van der Waals surface area contributed by atoms with Gasteiger partial charge in [-0.25, -0.2) is 0 Å². The van der Waals surface area contributed by atoms with Gasteiger partial charge in [-0.2, -0.15) is 0 Å². The first-order valence-electron chi connectivity index (χ1n) is 9.03. The van der Waals surface area contributed by atoms with Gasteiger partial charge in [0.1, 0.15) is 17.9 Å². The SMILES string of the molecule is CCCCCOc1ccc([N+](=O)[O-])c(N/N=C(/CC(=O)OCC)OCC)c1. The molecule has 27 heavy (non-hydrogen) atoms. The molecule has 0 saturated heterocycles. The maximum Gasteiger partial charge on any atom is 0.315 e. The molecule has 0 aliphatic carbocycles. The first-order chi connectivity index (χ1) is 13.0. The molecule has 0 fully saturated rings.